The first-order valence-electron chi connectivity index (χ1n) is 15.6. The number of rotatable bonds is 9. The van der Waals surface area contributed by atoms with Crippen molar-refractivity contribution < 1.29 is 38.4 Å². The summed E-state index contributed by atoms with van der Waals surface area (Å²) in [6.07, 6.45) is -2.13. The van der Waals surface area contributed by atoms with Gasteiger partial charge in [0.05, 0.1) is 41.1 Å². The summed E-state index contributed by atoms with van der Waals surface area (Å²) in [5.41, 5.74) is -1.23. The molecule has 0 aliphatic heterocycles. The molecule has 16 nitrogen and oxygen atoms in total. The monoisotopic (exact) mass is 686 g/mol. The van der Waals surface area contributed by atoms with Gasteiger partial charge in [-0.1, -0.05) is 0 Å². The Kier molecular flexibility index (Phi) is 7.58. The molecule has 0 saturated heterocycles. The van der Waals surface area contributed by atoms with Crippen molar-refractivity contribution in [3.05, 3.63) is 47.3 Å². The van der Waals surface area contributed by atoms with E-state index in [1.165, 1.54) is 21.5 Å². The number of pyridine rings is 2. The highest BCUT2D eigenvalue weighted by atomic mass is 19.4. The smallest absolute Gasteiger partial charge is 0.389 e. The Morgan fingerprint density at radius 1 is 1.00 bits per heavy atom. The van der Waals surface area contributed by atoms with Gasteiger partial charge in [0.1, 0.15) is 22.8 Å². The molecule has 2 unspecified atom stereocenters. The summed E-state index contributed by atoms with van der Waals surface area (Å²) in [7, 11) is 0. The SMILES string of the molecule is CC(C)(O)Cn1nc(-c2cnn(C(F)(F)F)c2)c2nc(Nc3cc4c(cn3)n(C(O)(O)O)c(=O)n4C3CCC(NC(=O)C4CC4)C3)ccc21. The Morgan fingerprint density at radius 3 is 2.41 bits per heavy atom. The third kappa shape index (κ3) is 6.36. The molecule has 5 aromatic heterocycles. The van der Waals surface area contributed by atoms with Gasteiger partial charge < -0.3 is 31.1 Å². The predicted octanol–water partition coefficient (Wildman–Crippen LogP) is 1.96. The minimum Gasteiger partial charge on any atom is -0.389 e. The van der Waals surface area contributed by atoms with Crippen LogP contribution in [-0.2, 0) is 23.7 Å². The van der Waals surface area contributed by atoms with Gasteiger partial charge in [0.25, 0.3) is 0 Å². The number of amides is 1. The number of fused-ring (bicyclic) bond motifs is 2. The van der Waals surface area contributed by atoms with Gasteiger partial charge in [-0.15, -0.1) is 13.2 Å². The maximum absolute atomic E-state index is 13.5. The fourth-order valence-electron chi connectivity index (χ4n) is 6.34. The molecule has 2 fully saturated rings. The topological polar surface area (TPSA) is 210 Å². The lowest BCUT2D eigenvalue weighted by Gasteiger charge is -2.17. The molecule has 1 amide bonds. The normalized spacial score (nSPS) is 18.9. The summed E-state index contributed by atoms with van der Waals surface area (Å²) in [6.45, 7) is 3.13. The van der Waals surface area contributed by atoms with Gasteiger partial charge in [-0.05, 0) is 58.1 Å². The first kappa shape index (κ1) is 32.7. The van der Waals surface area contributed by atoms with E-state index in [1.54, 1.807) is 26.0 Å². The van der Waals surface area contributed by atoms with Crippen molar-refractivity contribution in [2.24, 2.45) is 5.92 Å². The number of imidazole rings is 1. The average molecular weight is 687 g/mol. The molecular formula is C30H33F3N10O6. The number of carbonyl (C=O) groups is 1. The molecule has 6 N–H and O–H groups in total. The van der Waals surface area contributed by atoms with Crippen molar-refractivity contribution in [2.75, 3.05) is 5.32 Å². The lowest BCUT2D eigenvalue weighted by molar-refractivity contribution is -0.374. The number of nitrogens with zero attached hydrogens (tertiary/aromatic N) is 8. The van der Waals surface area contributed by atoms with Gasteiger partial charge in [0.15, 0.2) is 0 Å². The number of aliphatic hydroxyl groups is 4. The molecule has 0 radical (unpaired) electrons. The van der Waals surface area contributed by atoms with Crippen LogP contribution in [0.4, 0.5) is 24.8 Å². The quantitative estimate of drug-likeness (QED) is 0.123. The molecule has 7 rings (SSSR count). The zero-order valence-electron chi connectivity index (χ0n) is 26.3. The second-order valence-corrected chi connectivity index (χ2v) is 13.2. The first-order chi connectivity index (χ1) is 23.0. The van der Waals surface area contributed by atoms with Crippen LogP contribution < -0.4 is 16.3 Å². The second kappa shape index (κ2) is 11.4. The number of hydrogen-bond donors (Lipinski definition) is 6. The van der Waals surface area contributed by atoms with Crippen LogP contribution in [0.2, 0.25) is 0 Å². The number of halogens is 3. The van der Waals surface area contributed by atoms with Gasteiger partial charge >= 0.3 is 18.1 Å². The molecule has 0 aromatic carbocycles. The largest absolute Gasteiger partial charge is 0.504 e. The van der Waals surface area contributed by atoms with E-state index in [4.69, 9.17) is 0 Å². The van der Waals surface area contributed by atoms with Gasteiger partial charge in [-0.2, -0.15) is 14.9 Å². The molecule has 2 saturated carbocycles. The third-order valence-electron chi connectivity index (χ3n) is 8.63. The maximum Gasteiger partial charge on any atom is 0.504 e. The summed E-state index contributed by atoms with van der Waals surface area (Å²) in [5, 5.41) is 54.5. The molecule has 5 aromatic rings. The van der Waals surface area contributed by atoms with E-state index in [1.807, 2.05) is 0 Å². The van der Waals surface area contributed by atoms with Gasteiger partial charge in [-0.3, -0.25) is 14.0 Å². The molecule has 2 aliphatic rings. The highest BCUT2D eigenvalue weighted by molar-refractivity contribution is 5.91. The van der Waals surface area contributed by atoms with Crippen molar-refractivity contribution in [1.29, 1.82) is 0 Å². The Hall–Kier alpha value is -4.85. The van der Waals surface area contributed by atoms with E-state index in [-0.39, 0.29) is 68.5 Å². The van der Waals surface area contributed by atoms with E-state index in [2.05, 4.69) is 30.8 Å². The molecule has 19 heteroatoms. The van der Waals surface area contributed by atoms with E-state index >= 15 is 0 Å². The van der Waals surface area contributed by atoms with E-state index in [9.17, 15) is 43.2 Å². The summed E-state index contributed by atoms with van der Waals surface area (Å²) in [4.78, 5) is 34.7. The fourth-order valence-corrected chi connectivity index (χ4v) is 6.34. The molecule has 0 spiro atoms. The molecule has 2 atom stereocenters. The molecule has 0 bridgehead atoms. The highest BCUT2D eigenvalue weighted by Gasteiger charge is 2.37. The summed E-state index contributed by atoms with van der Waals surface area (Å²) in [6, 6.07) is 4.03. The number of hydrogen-bond acceptors (Lipinski definition) is 11. The lowest BCUT2D eigenvalue weighted by atomic mass is 10.1. The minimum absolute atomic E-state index is 0.00640. The predicted molar refractivity (Wildman–Crippen MR) is 166 cm³/mol. The van der Waals surface area contributed by atoms with E-state index in [0.717, 1.165) is 25.2 Å². The first-order valence-corrected chi connectivity index (χ1v) is 15.6. The second-order valence-electron chi connectivity index (χ2n) is 13.2. The molecule has 49 heavy (non-hydrogen) atoms. The number of carbonyl (C=O) groups excluding carboxylic acids is 1. The van der Waals surface area contributed by atoms with Crippen molar-refractivity contribution in [1.82, 2.24) is 44.0 Å². The van der Waals surface area contributed by atoms with Crippen LogP contribution in [0.15, 0.2) is 41.6 Å². The van der Waals surface area contributed by atoms with Crippen LogP contribution in [-0.4, -0.2) is 76.6 Å². The Bertz CT molecular complexity index is 2130. The van der Waals surface area contributed by atoms with E-state index in [0.29, 0.717) is 29.3 Å². The zero-order chi connectivity index (χ0) is 35.0. The van der Waals surface area contributed by atoms with Gasteiger partial charge in [0, 0.05) is 35.8 Å². The van der Waals surface area contributed by atoms with Gasteiger partial charge in [0.2, 0.25) is 5.91 Å². The average Bonchev–Trinajstić information content (AvgIpc) is 3.28. The van der Waals surface area contributed by atoms with Crippen LogP contribution in [0.5, 0.6) is 0 Å². The van der Waals surface area contributed by atoms with Crippen LogP contribution in [0.1, 0.15) is 52.0 Å². The summed E-state index contributed by atoms with van der Waals surface area (Å²) < 4.78 is 43.0. The lowest BCUT2D eigenvalue weighted by Crippen LogP contribution is -2.41. The molecule has 2 aliphatic carbocycles. The number of alkyl halides is 3. The standard InChI is InChI=1S/C30H33F3N10O6/c1-28(2,46)14-40-19-7-8-22(38-25(19)24(39-40)16-11-35-41(13-16)29(31,32)33)37-23-10-20-21(12-34-23)43(30(47,48)49)27(45)42(20)18-6-5-17(9-18)36-26(44)15-3-4-15/h7-8,10-13,15,17-18,46-49H,3-6,9,14H2,1-2H3,(H,36,44)(H,34,37,38). The molecule has 260 valence electrons. The van der Waals surface area contributed by atoms with Crippen LogP contribution in [0.3, 0.4) is 0 Å². The minimum atomic E-state index is -4.75. The fraction of sp³-hybridized carbons (Fsp3) is 0.467. The van der Waals surface area contributed by atoms with Gasteiger partial charge in [-0.25, -0.2) is 19.3 Å². The van der Waals surface area contributed by atoms with Crippen LogP contribution in [0, 0.1) is 5.92 Å². The van der Waals surface area contributed by atoms with Crippen molar-refractivity contribution in [3.63, 3.8) is 0 Å². The summed E-state index contributed by atoms with van der Waals surface area (Å²) in [5.74, 6) is 0.351. The highest BCUT2D eigenvalue weighted by Crippen LogP contribution is 2.36. The number of anilines is 2. The Balaban J connectivity index is 1.26. The zero-order valence-corrected chi connectivity index (χ0v) is 26.3. The molecular weight excluding hydrogens is 653 g/mol. The molecule has 5 heterocycles. The van der Waals surface area contributed by atoms with Crippen LogP contribution in [0.25, 0.3) is 33.3 Å². The Morgan fingerprint density at radius 2 is 1.76 bits per heavy atom. The Labute approximate surface area is 274 Å². The number of aromatic nitrogens is 8. The maximum atomic E-state index is 13.5. The van der Waals surface area contributed by atoms with Crippen molar-refractivity contribution in [3.8, 4) is 11.3 Å². The third-order valence-corrected chi connectivity index (χ3v) is 8.63. The van der Waals surface area contributed by atoms with Crippen molar-refractivity contribution in [2.45, 2.75) is 82.6 Å². The van der Waals surface area contributed by atoms with E-state index < -0.39 is 29.7 Å². The van der Waals surface area contributed by atoms with Crippen molar-refractivity contribution >= 4 is 39.6 Å². The van der Waals surface area contributed by atoms with Crippen LogP contribution >= 0.6 is 0 Å². The summed E-state index contributed by atoms with van der Waals surface area (Å²) >= 11 is 0. The number of nitrogens with one attached hydrogen (secondary N) is 2.